The molecule has 0 bridgehead atoms. The molecule has 0 atom stereocenters. The minimum atomic E-state index is -0.256. The second-order valence-corrected chi connectivity index (χ2v) is 7.42. The van der Waals surface area contributed by atoms with Crippen LogP contribution in [0.3, 0.4) is 0 Å². The van der Waals surface area contributed by atoms with Crippen molar-refractivity contribution in [3.63, 3.8) is 0 Å². The van der Waals surface area contributed by atoms with E-state index in [0.29, 0.717) is 15.1 Å². The third-order valence-electron chi connectivity index (χ3n) is 3.52. The topological polar surface area (TPSA) is 85.7 Å². The molecule has 2 aromatic heterocycles. The molecule has 0 spiro atoms. The number of aromatic nitrogens is 3. The number of hydrogen-bond acceptors (Lipinski definition) is 6. The second-order valence-electron chi connectivity index (χ2n) is 5.08. The molecule has 0 unspecified atom stereocenters. The molecule has 1 aliphatic rings. The van der Waals surface area contributed by atoms with Gasteiger partial charge < -0.3 is 0 Å². The number of carbonyl (C=O) groups excluding carboxylic acids is 1. The highest BCUT2D eigenvalue weighted by molar-refractivity contribution is 8.19. The van der Waals surface area contributed by atoms with E-state index in [-0.39, 0.29) is 11.1 Å². The van der Waals surface area contributed by atoms with E-state index in [1.165, 1.54) is 16.2 Å². The predicted octanol–water partition coefficient (Wildman–Crippen LogP) is 4.24. The Morgan fingerprint density at radius 2 is 2.08 bits per heavy atom. The molecule has 1 saturated heterocycles. The van der Waals surface area contributed by atoms with Crippen molar-refractivity contribution in [1.82, 2.24) is 15.2 Å². The lowest BCUT2D eigenvalue weighted by Crippen LogP contribution is -2.27. The van der Waals surface area contributed by atoms with Crippen LogP contribution in [0.1, 0.15) is 5.56 Å². The molecule has 124 valence electrons. The number of nitrogens with one attached hydrogen (secondary N) is 2. The smallest absolute Gasteiger partial charge is 0.273 e. The van der Waals surface area contributed by atoms with E-state index < -0.39 is 0 Å². The molecule has 0 aliphatic carbocycles. The van der Waals surface area contributed by atoms with E-state index in [0.717, 1.165) is 28.6 Å². The Labute approximate surface area is 156 Å². The number of amides is 1. The van der Waals surface area contributed by atoms with Crippen LogP contribution in [0.4, 0.5) is 5.13 Å². The average Bonchev–Trinajstić information content (AvgIpc) is 3.31. The maximum absolute atomic E-state index is 12.6. The maximum Gasteiger partial charge on any atom is 0.273 e. The molecule has 9 heteroatoms. The van der Waals surface area contributed by atoms with Gasteiger partial charge in [-0.25, -0.2) is 9.88 Å². The fraction of sp³-hybridized carbons (Fsp3) is 0. The first kappa shape index (κ1) is 16.1. The lowest BCUT2D eigenvalue weighted by molar-refractivity contribution is -0.113. The SMILES string of the molecule is N=C1S/C(=C/c2cn[nH]c2-c2ccc(Cl)cc2)C(=O)N1c1nccs1. The molecule has 2 N–H and O–H groups in total. The van der Waals surface area contributed by atoms with Crippen molar-refractivity contribution < 1.29 is 4.79 Å². The Hall–Kier alpha value is -2.42. The number of halogens is 1. The monoisotopic (exact) mass is 387 g/mol. The number of aromatic amines is 1. The summed E-state index contributed by atoms with van der Waals surface area (Å²) >= 11 is 8.36. The summed E-state index contributed by atoms with van der Waals surface area (Å²) in [5.41, 5.74) is 2.47. The lowest BCUT2D eigenvalue weighted by Gasteiger charge is -2.08. The number of benzene rings is 1. The summed E-state index contributed by atoms with van der Waals surface area (Å²) in [7, 11) is 0. The number of anilines is 1. The highest BCUT2D eigenvalue weighted by atomic mass is 35.5. The molecular formula is C16H10ClN5OS2. The molecule has 3 aromatic rings. The van der Waals surface area contributed by atoms with Gasteiger partial charge in [-0.3, -0.25) is 15.3 Å². The van der Waals surface area contributed by atoms with Crippen molar-refractivity contribution in [3.8, 4) is 11.3 Å². The molecule has 1 amide bonds. The van der Waals surface area contributed by atoms with Crippen LogP contribution in [0, 0.1) is 5.41 Å². The van der Waals surface area contributed by atoms with Crippen LogP contribution in [-0.4, -0.2) is 26.3 Å². The maximum atomic E-state index is 12.6. The number of amidine groups is 1. The number of carbonyl (C=O) groups is 1. The molecule has 1 aromatic carbocycles. The van der Waals surface area contributed by atoms with E-state index in [9.17, 15) is 4.79 Å². The highest BCUT2D eigenvalue weighted by Crippen LogP contribution is 2.37. The largest absolute Gasteiger partial charge is 0.278 e. The fourth-order valence-corrected chi connectivity index (χ4v) is 4.04. The Morgan fingerprint density at radius 3 is 2.80 bits per heavy atom. The zero-order chi connectivity index (χ0) is 17.4. The molecule has 6 nitrogen and oxygen atoms in total. The highest BCUT2D eigenvalue weighted by Gasteiger charge is 2.35. The zero-order valence-electron chi connectivity index (χ0n) is 12.6. The Kier molecular flexibility index (Phi) is 4.16. The van der Waals surface area contributed by atoms with Crippen molar-refractivity contribution in [2.45, 2.75) is 0 Å². The minimum absolute atomic E-state index is 0.141. The van der Waals surface area contributed by atoms with E-state index in [1.807, 2.05) is 12.1 Å². The number of thioether (sulfide) groups is 1. The van der Waals surface area contributed by atoms with Crippen LogP contribution < -0.4 is 4.90 Å². The van der Waals surface area contributed by atoms with Gasteiger partial charge in [0.15, 0.2) is 10.3 Å². The van der Waals surface area contributed by atoms with Crippen LogP contribution >= 0.6 is 34.7 Å². The van der Waals surface area contributed by atoms with E-state index in [4.69, 9.17) is 17.0 Å². The first-order chi connectivity index (χ1) is 12.1. The quantitative estimate of drug-likeness (QED) is 0.658. The molecule has 1 fully saturated rings. The van der Waals surface area contributed by atoms with Crippen molar-refractivity contribution >= 4 is 57.0 Å². The predicted molar refractivity (Wildman–Crippen MR) is 102 cm³/mol. The number of rotatable bonds is 3. The zero-order valence-corrected chi connectivity index (χ0v) is 15.0. The molecular weight excluding hydrogens is 378 g/mol. The second kappa shape index (κ2) is 6.47. The van der Waals surface area contributed by atoms with Crippen LogP contribution in [0.2, 0.25) is 5.02 Å². The Morgan fingerprint density at radius 1 is 1.28 bits per heavy atom. The van der Waals surface area contributed by atoms with Crippen LogP contribution in [0.15, 0.2) is 46.9 Å². The van der Waals surface area contributed by atoms with Crippen molar-refractivity contribution in [2.24, 2.45) is 0 Å². The Balaban J connectivity index is 1.69. The summed E-state index contributed by atoms with van der Waals surface area (Å²) in [4.78, 5) is 18.5. The van der Waals surface area contributed by atoms with Gasteiger partial charge in [0.2, 0.25) is 0 Å². The summed E-state index contributed by atoms with van der Waals surface area (Å²) < 4.78 is 0. The average molecular weight is 388 g/mol. The standard InChI is InChI=1S/C16H10ClN5OS2/c17-11-3-1-9(2-4-11)13-10(8-20-21-13)7-12-14(23)22(15(18)25-12)16-19-5-6-24-16/h1-8,18H,(H,20,21)/b12-7+,18-15?. The van der Waals surface area contributed by atoms with E-state index in [2.05, 4.69) is 15.2 Å². The van der Waals surface area contributed by atoms with Gasteiger partial charge in [-0.1, -0.05) is 23.7 Å². The van der Waals surface area contributed by atoms with E-state index >= 15 is 0 Å². The fourth-order valence-electron chi connectivity index (χ4n) is 2.38. The van der Waals surface area contributed by atoms with Crippen LogP contribution in [-0.2, 0) is 4.79 Å². The molecule has 25 heavy (non-hydrogen) atoms. The van der Waals surface area contributed by atoms with Crippen molar-refractivity contribution in [1.29, 1.82) is 5.41 Å². The third-order valence-corrected chi connectivity index (χ3v) is 5.42. The van der Waals surface area contributed by atoms with Crippen LogP contribution in [0.5, 0.6) is 0 Å². The molecule has 4 rings (SSSR count). The number of hydrogen-bond donors (Lipinski definition) is 2. The molecule has 0 radical (unpaired) electrons. The van der Waals surface area contributed by atoms with Crippen molar-refractivity contribution in [3.05, 3.63) is 57.5 Å². The third kappa shape index (κ3) is 2.99. The summed E-state index contributed by atoms with van der Waals surface area (Å²) in [5.74, 6) is -0.256. The minimum Gasteiger partial charge on any atom is -0.278 e. The van der Waals surface area contributed by atoms with E-state index in [1.54, 1.807) is 36.0 Å². The molecule has 1 aliphatic heterocycles. The summed E-state index contributed by atoms with van der Waals surface area (Å²) in [6.07, 6.45) is 5.00. The van der Waals surface area contributed by atoms with Gasteiger partial charge in [0.05, 0.1) is 16.8 Å². The van der Waals surface area contributed by atoms with Gasteiger partial charge in [0.25, 0.3) is 5.91 Å². The first-order valence-corrected chi connectivity index (χ1v) is 9.22. The number of nitrogens with zero attached hydrogens (tertiary/aromatic N) is 3. The lowest BCUT2D eigenvalue weighted by atomic mass is 10.1. The van der Waals surface area contributed by atoms with Gasteiger partial charge in [0, 0.05) is 27.7 Å². The first-order valence-electron chi connectivity index (χ1n) is 7.15. The summed E-state index contributed by atoms with van der Waals surface area (Å²) in [6.45, 7) is 0. The molecule has 3 heterocycles. The molecule has 0 saturated carbocycles. The van der Waals surface area contributed by atoms with Crippen LogP contribution in [0.25, 0.3) is 17.3 Å². The summed E-state index contributed by atoms with van der Waals surface area (Å²) in [6, 6.07) is 7.35. The summed E-state index contributed by atoms with van der Waals surface area (Å²) in [5, 5.41) is 18.2. The normalized spacial score (nSPS) is 16.2. The number of H-pyrrole nitrogens is 1. The van der Waals surface area contributed by atoms with Gasteiger partial charge >= 0.3 is 0 Å². The van der Waals surface area contributed by atoms with Gasteiger partial charge in [-0.2, -0.15) is 5.10 Å². The number of thiazole rings is 1. The van der Waals surface area contributed by atoms with Gasteiger partial charge in [-0.05, 0) is 30.0 Å². The van der Waals surface area contributed by atoms with Crippen molar-refractivity contribution in [2.75, 3.05) is 4.90 Å². The van der Waals surface area contributed by atoms with Gasteiger partial charge in [-0.15, -0.1) is 11.3 Å². The van der Waals surface area contributed by atoms with Gasteiger partial charge in [0.1, 0.15) is 0 Å². The Bertz CT molecular complexity index is 978.